The summed E-state index contributed by atoms with van der Waals surface area (Å²) in [4.78, 5) is 0. The molecule has 0 spiro atoms. The number of hydrogen-bond donors (Lipinski definition) is 1. The zero-order valence-corrected chi connectivity index (χ0v) is 14.0. The second-order valence-corrected chi connectivity index (χ2v) is 8.40. The standard InChI is InChI=1S/C17H25NS2/c1-19-17(9-5-2-6-10-17)13-18-16-12-20-11-14-7-3-4-8-15(14)16/h3-4,7-8,16,18H,2,5-6,9-13H2,1H3. The van der Waals surface area contributed by atoms with Crippen LogP contribution < -0.4 is 5.32 Å². The second-order valence-electron chi connectivity index (χ2n) is 6.10. The van der Waals surface area contributed by atoms with Gasteiger partial charge in [-0.1, -0.05) is 43.5 Å². The molecule has 0 amide bonds. The van der Waals surface area contributed by atoms with E-state index in [2.05, 4.69) is 59.4 Å². The SMILES string of the molecule is CSC1(CNC2CSCc3ccccc32)CCCCC1. The minimum Gasteiger partial charge on any atom is -0.308 e. The Labute approximate surface area is 131 Å². The molecule has 0 bridgehead atoms. The minimum absolute atomic E-state index is 0.495. The van der Waals surface area contributed by atoms with Gasteiger partial charge in [0.1, 0.15) is 0 Å². The molecule has 1 aromatic rings. The minimum atomic E-state index is 0.495. The number of rotatable bonds is 4. The number of nitrogens with one attached hydrogen (secondary N) is 1. The van der Waals surface area contributed by atoms with Gasteiger partial charge in [0.15, 0.2) is 0 Å². The molecule has 1 aromatic carbocycles. The molecule has 0 aromatic heterocycles. The lowest BCUT2D eigenvalue weighted by molar-refractivity contribution is 0.367. The van der Waals surface area contributed by atoms with Crippen molar-refractivity contribution in [3.05, 3.63) is 35.4 Å². The maximum Gasteiger partial charge on any atom is 0.0415 e. The first-order valence-electron chi connectivity index (χ1n) is 7.77. The van der Waals surface area contributed by atoms with Gasteiger partial charge in [0.2, 0.25) is 0 Å². The molecule has 1 nitrogen and oxygen atoms in total. The lowest BCUT2D eigenvalue weighted by atomic mass is 9.88. The van der Waals surface area contributed by atoms with Crippen molar-refractivity contribution in [1.29, 1.82) is 0 Å². The Morgan fingerprint density at radius 2 is 2.05 bits per heavy atom. The third-order valence-electron chi connectivity index (χ3n) is 4.84. The fourth-order valence-electron chi connectivity index (χ4n) is 3.51. The van der Waals surface area contributed by atoms with E-state index < -0.39 is 0 Å². The summed E-state index contributed by atoms with van der Waals surface area (Å²) >= 11 is 4.16. The van der Waals surface area contributed by atoms with E-state index in [0.717, 1.165) is 0 Å². The van der Waals surface area contributed by atoms with Gasteiger partial charge in [0.25, 0.3) is 0 Å². The first-order valence-corrected chi connectivity index (χ1v) is 10.1. The summed E-state index contributed by atoms with van der Waals surface area (Å²) in [5.74, 6) is 2.41. The first-order chi connectivity index (χ1) is 9.83. The summed E-state index contributed by atoms with van der Waals surface area (Å²) in [5, 5.41) is 3.90. The molecule has 3 heteroatoms. The van der Waals surface area contributed by atoms with E-state index in [1.807, 2.05) is 0 Å². The summed E-state index contributed by atoms with van der Waals surface area (Å²) in [6.45, 7) is 1.17. The van der Waals surface area contributed by atoms with Gasteiger partial charge in [-0.15, -0.1) is 0 Å². The molecule has 1 heterocycles. The van der Waals surface area contributed by atoms with Gasteiger partial charge < -0.3 is 5.32 Å². The maximum atomic E-state index is 3.90. The third kappa shape index (κ3) is 3.20. The monoisotopic (exact) mass is 307 g/mol. The zero-order valence-electron chi connectivity index (χ0n) is 12.4. The van der Waals surface area contributed by atoms with Crippen LogP contribution in [0.15, 0.2) is 24.3 Å². The van der Waals surface area contributed by atoms with Crippen LogP contribution >= 0.6 is 23.5 Å². The molecule has 20 heavy (non-hydrogen) atoms. The van der Waals surface area contributed by atoms with E-state index in [1.54, 1.807) is 5.56 Å². The largest absolute Gasteiger partial charge is 0.308 e. The highest BCUT2D eigenvalue weighted by Crippen LogP contribution is 2.39. The molecule has 110 valence electrons. The lowest BCUT2D eigenvalue weighted by Crippen LogP contribution is -2.42. The molecule has 1 atom stereocenters. The predicted molar refractivity (Wildman–Crippen MR) is 92.7 cm³/mol. The van der Waals surface area contributed by atoms with Crippen molar-refractivity contribution in [3.8, 4) is 0 Å². The van der Waals surface area contributed by atoms with Gasteiger partial charge in [-0.3, -0.25) is 0 Å². The van der Waals surface area contributed by atoms with Crippen LogP contribution in [0.4, 0.5) is 0 Å². The normalized spacial score (nSPS) is 25.1. The van der Waals surface area contributed by atoms with Crippen molar-refractivity contribution in [3.63, 3.8) is 0 Å². The Morgan fingerprint density at radius 3 is 2.85 bits per heavy atom. The molecule has 1 unspecified atom stereocenters. The smallest absolute Gasteiger partial charge is 0.0415 e. The number of thioether (sulfide) groups is 2. The quantitative estimate of drug-likeness (QED) is 0.871. The predicted octanol–water partition coefficient (Wildman–Crippen LogP) is 4.63. The summed E-state index contributed by atoms with van der Waals surface area (Å²) in [6.07, 6.45) is 9.35. The van der Waals surface area contributed by atoms with E-state index in [4.69, 9.17) is 0 Å². The molecular formula is C17H25NS2. The van der Waals surface area contributed by atoms with Crippen LogP contribution in [0.1, 0.15) is 49.3 Å². The molecule has 3 rings (SSSR count). The lowest BCUT2D eigenvalue weighted by Gasteiger charge is -2.38. The fourth-order valence-corrected chi connectivity index (χ4v) is 5.57. The van der Waals surface area contributed by atoms with Crippen molar-refractivity contribution in [2.75, 3.05) is 18.6 Å². The highest BCUT2D eigenvalue weighted by atomic mass is 32.2. The van der Waals surface area contributed by atoms with Crippen LogP contribution in [0.2, 0.25) is 0 Å². The van der Waals surface area contributed by atoms with Crippen LogP contribution in [0.25, 0.3) is 0 Å². The third-order valence-corrected chi connectivity index (χ3v) is 7.34. The summed E-state index contributed by atoms with van der Waals surface area (Å²) in [5.41, 5.74) is 3.07. The molecule has 1 fully saturated rings. The Morgan fingerprint density at radius 1 is 1.25 bits per heavy atom. The van der Waals surface area contributed by atoms with Crippen LogP contribution in [0, 0.1) is 0 Å². The molecule has 1 N–H and O–H groups in total. The Balaban J connectivity index is 1.66. The summed E-state index contributed by atoms with van der Waals surface area (Å²) in [7, 11) is 0. The summed E-state index contributed by atoms with van der Waals surface area (Å²) < 4.78 is 0.495. The van der Waals surface area contributed by atoms with Crippen molar-refractivity contribution in [2.24, 2.45) is 0 Å². The molecule has 0 saturated heterocycles. The van der Waals surface area contributed by atoms with Crippen molar-refractivity contribution in [1.82, 2.24) is 5.32 Å². The molecule has 0 radical (unpaired) electrons. The van der Waals surface area contributed by atoms with Crippen LogP contribution in [0.5, 0.6) is 0 Å². The van der Waals surface area contributed by atoms with Gasteiger partial charge >= 0.3 is 0 Å². The number of hydrogen-bond acceptors (Lipinski definition) is 3. The van der Waals surface area contributed by atoms with Crippen LogP contribution in [-0.2, 0) is 5.75 Å². The highest BCUT2D eigenvalue weighted by Gasteiger charge is 2.32. The topological polar surface area (TPSA) is 12.0 Å². The Kier molecular flexibility index (Phi) is 5.00. The maximum absolute atomic E-state index is 3.90. The van der Waals surface area contributed by atoms with Crippen molar-refractivity contribution in [2.45, 2.75) is 48.6 Å². The second kappa shape index (κ2) is 6.76. The zero-order chi connectivity index (χ0) is 13.8. The van der Waals surface area contributed by atoms with E-state index in [9.17, 15) is 0 Å². The van der Waals surface area contributed by atoms with Crippen molar-refractivity contribution >= 4 is 23.5 Å². The molecule has 1 aliphatic heterocycles. The van der Waals surface area contributed by atoms with Crippen LogP contribution in [0.3, 0.4) is 0 Å². The number of fused-ring (bicyclic) bond motifs is 1. The fraction of sp³-hybridized carbons (Fsp3) is 0.647. The average Bonchev–Trinajstić information content (AvgIpc) is 2.54. The van der Waals surface area contributed by atoms with E-state index >= 15 is 0 Å². The molecule has 2 aliphatic rings. The van der Waals surface area contributed by atoms with Gasteiger partial charge in [-0.2, -0.15) is 23.5 Å². The van der Waals surface area contributed by atoms with Gasteiger partial charge in [-0.25, -0.2) is 0 Å². The molecule has 1 aliphatic carbocycles. The van der Waals surface area contributed by atoms with Gasteiger partial charge in [0, 0.05) is 28.8 Å². The average molecular weight is 308 g/mol. The van der Waals surface area contributed by atoms with Gasteiger partial charge in [-0.05, 0) is 30.2 Å². The first kappa shape index (κ1) is 14.8. The van der Waals surface area contributed by atoms with Crippen molar-refractivity contribution < 1.29 is 0 Å². The van der Waals surface area contributed by atoms with E-state index in [-0.39, 0.29) is 0 Å². The van der Waals surface area contributed by atoms with Gasteiger partial charge in [0.05, 0.1) is 0 Å². The molecular weight excluding hydrogens is 282 g/mol. The Hall–Kier alpha value is -0.120. The molecule has 1 saturated carbocycles. The summed E-state index contributed by atoms with van der Waals surface area (Å²) in [6, 6.07) is 9.53. The Bertz CT molecular complexity index is 440. The van der Waals surface area contributed by atoms with Crippen LogP contribution in [-0.4, -0.2) is 23.3 Å². The number of benzene rings is 1. The van der Waals surface area contributed by atoms with E-state index in [1.165, 1.54) is 55.7 Å². The van der Waals surface area contributed by atoms with E-state index in [0.29, 0.717) is 10.8 Å². The highest BCUT2D eigenvalue weighted by molar-refractivity contribution is 8.00.